The van der Waals surface area contributed by atoms with Crippen molar-refractivity contribution in [3.63, 3.8) is 0 Å². The molecule has 154 valence electrons. The van der Waals surface area contributed by atoms with Gasteiger partial charge < -0.3 is 0 Å². The first-order chi connectivity index (χ1) is 12.9. The lowest BCUT2D eigenvalue weighted by molar-refractivity contribution is 0.457. The molecule has 1 N–H and O–H groups in total. The first kappa shape index (κ1) is 22.3. The van der Waals surface area contributed by atoms with Gasteiger partial charge in [-0.05, 0) is 42.8 Å². The highest BCUT2D eigenvalue weighted by Gasteiger charge is 2.22. The Morgan fingerprint density at radius 3 is 1.86 bits per heavy atom. The Morgan fingerprint density at radius 2 is 1.32 bits per heavy atom. The summed E-state index contributed by atoms with van der Waals surface area (Å²) in [4.78, 5) is -0.926. The fourth-order valence-corrected chi connectivity index (χ4v) is 4.48. The first-order valence-corrected chi connectivity index (χ1v) is 10.7. The molecule has 0 heterocycles. The molecule has 0 aliphatic rings. The largest absolute Gasteiger partial charge is 0.242 e. The van der Waals surface area contributed by atoms with Crippen LogP contribution in [0.2, 0.25) is 0 Å². The molecule has 2 rings (SSSR count). The van der Waals surface area contributed by atoms with Crippen LogP contribution in [-0.2, 0) is 20.0 Å². The molecule has 0 aliphatic heterocycles. The average Bonchev–Trinajstić information content (AvgIpc) is 2.62. The van der Waals surface area contributed by atoms with Crippen molar-refractivity contribution in [2.75, 3.05) is 20.1 Å². The molecule has 0 aromatic heterocycles. The van der Waals surface area contributed by atoms with E-state index in [9.17, 15) is 34.4 Å². The van der Waals surface area contributed by atoms with Gasteiger partial charge in [0.05, 0.1) is 9.79 Å². The van der Waals surface area contributed by atoms with Crippen molar-refractivity contribution in [3.05, 3.63) is 59.7 Å². The lowest BCUT2D eigenvalue weighted by Crippen LogP contribution is -2.31. The van der Waals surface area contributed by atoms with Gasteiger partial charge in [0.25, 0.3) is 0 Å². The highest BCUT2D eigenvalue weighted by molar-refractivity contribution is 7.89. The Bertz CT molecular complexity index is 1080. The quantitative estimate of drug-likeness (QED) is 0.504. The van der Waals surface area contributed by atoms with E-state index in [2.05, 4.69) is 4.72 Å². The van der Waals surface area contributed by atoms with Crippen molar-refractivity contribution >= 4 is 20.0 Å². The van der Waals surface area contributed by atoms with E-state index in [0.717, 1.165) is 16.4 Å². The maximum atomic E-state index is 13.2. The Balaban J connectivity index is 1.96. The van der Waals surface area contributed by atoms with Crippen molar-refractivity contribution in [2.24, 2.45) is 0 Å². The zero-order chi connectivity index (χ0) is 21.1. The normalized spacial score (nSPS) is 12.5. The summed E-state index contributed by atoms with van der Waals surface area (Å²) in [5, 5.41) is 0. The predicted octanol–water partition coefficient (Wildman–Crippen LogP) is 2.23. The molecule has 0 unspecified atom stereocenters. The molecule has 0 radical (unpaired) electrons. The molecule has 2 aromatic rings. The molecule has 2 aromatic carbocycles. The molecule has 0 spiro atoms. The van der Waals surface area contributed by atoms with Crippen molar-refractivity contribution in [1.82, 2.24) is 9.03 Å². The van der Waals surface area contributed by atoms with E-state index in [1.54, 1.807) is 0 Å². The summed E-state index contributed by atoms with van der Waals surface area (Å²) < 4.78 is 104. The van der Waals surface area contributed by atoms with E-state index >= 15 is 0 Å². The van der Waals surface area contributed by atoms with E-state index in [1.807, 2.05) is 0 Å². The monoisotopic (exact) mass is 440 g/mol. The summed E-state index contributed by atoms with van der Waals surface area (Å²) in [5.74, 6) is -5.01. The Kier molecular flexibility index (Phi) is 6.80. The molecule has 0 saturated heterocycles. The van der Waals surface area contributed by atoms with Gasteiger partial charge in [-0.2, -0.15) is 0 Å². The van der Waals surface area contributed by atoms with E-state index in [1.165, 1.54) is 7.05 Å². The molecule has 0 saturated carbocycles. The smallest absolute Gasteiger partial charge is 0.211 e. The third kappa shape index (κ3) is 5.07. The van der Waals surface area contributed by atoms with E-state index in [0.29, 0.717) is 24.3 Å². The van der Waals surface area contributed by atoms with Gasteiger partial charge in [-0.3, -0.25) is 0 Å². The lowest BCUT2D eigenvalue weighted by Gasteiger charge is -2.17. The molecule has 28 heavy (non-hydrogen) atoms. The summed E-state index contributed by atoms with van der Waals surface area (Å²) in [6, 6.07) is 4.23. The van der Waals surface area contributed by atoms with Gasteiger partial charge in [0.1, 0.15) is 0 Å². The summed E-state index contributed by atoms with van der Waals surface area (Å²) in [6.07, 6.45) is 0.0301. The SMILES string of the molecule is CN(CCCNS(=O)(=O)c1ccc(F)c(F)c1)S(=O)(=O)c1ccc(F)c(F)c1. The maximum Gasteiger partial charge on any atom is 0.242 e. The third-order valence-electron chi connectivity index (χ3n) is 3.74. The topological polar surface area (TPSA) is 83.6 Å². The van der Waals surface area contributed by atoms with Crippen LogP contribution in [0.5, 0.6) is 0 Å². The van der Waals surface area contributed by atoms with Gasteiger partial charge in [-0.1, -0.05) is 0 Å². The predicted molar refractivity (Wildman–Crippen MR) is 92.3 cm³/mol. The van der Waals surface area contributed by atoms with Gasteiger partial charge >= 0.3 is 0 Å². The van der Waals surface area contributed by atoms with Crippen molar-refractivity contribution in [1.29, 1.82) is 0 Å². The highest BCUT2D eigenvalue weighted by Crippen LogP contribution is 2.18. The Labute approximate surface area is 159 Å². The fourth-order valence-electron chi connectivity index (χ4n) is 2.17. The second-order valence-corrected chi connectivity index (χ2v) is 9.54. The van der Waals surface area contributed by atoms with Crippen LogP contribution in [0, 0.1) is 23.3 Å². The molecule has 0 atom stereocenters. The maximum absolute atomic E-state index is 13.2. The van der Waals surface area contributed by atoms with Crippen molar-refractivity contribution in [2.45, 2.75) is 16.2 Å². The van der Waals surface area contributed by atoms with Crippen molar-refractivity contribution < 1.29 is 34.4 Å². The fraction of sp³-hybridized carbons (Fsp3) is 0.250. The van der Waals surface area contributed by atoms with Crippen LogP contribution in [0.25, 0.3) is 0 Å². The minimum atomic E-state index is -4.11. The highest BCUT2D eigenvalue weighted by atomic mass is 32.2. The van der Waals surface area contributed by atoms with Gasteiger partial charge in [-0.25, -0.2) is 43.4 Å². The van der Waals surface area contributed by atoms with Crippen LogP contribution < -0.4 is 4.72 Å². The number of benzene rings is 2. The molecular weight excluding hydrogens is 424 g/mol. The van der Waals surface area contributed by atoms with Crippen LogP contribution in [0.4, 0.5) is 17.6 Å². The van der Waals surface area contributed by atoms with Crippen LogP contribution >= 0.6 is 0 Å². The molecule has 0 aliphatic carbocycles. The summed E-state index contributed by atoms with van der Waals surface area (Å²) in [7, 11) is -7.02. The van der Waals surface area contributed by atoms with Crippen LogP contribution in [-0.4, -0.2) is 41.3 Å². The average molecular weight is 440 g/mol. The number of hydrogen-bond donors (Lipinski definition) is 1. The van der Waals surface area contributed by atoms with E-state index in [-0.39, 0.29) is 19.5 Å². The lowest BCUT2D eigenvalue weighted by atomic mass is 10.3. The van der Waals surface area contributed by atoms with Gasteiger partial charge in [-0.15, -0.1) is 0 Å². The van der Waals surface area contributed by atoms with E-state index in [4.69, 9.17) is 0 Å². The van der Waals surface area contributed by atoms with Gasteiger partial charge in [0.15, 0.2) is 23.3 Å². The second-order valence-electron chi connectivity index (χ2n) is 5.73. The molecular formula is C16H16F4N2O4S2. The van der Waals surface area contributed by atoms with Crippen LogP contribution in [0.1, 0.15) is 6.42 Å². The molecule has 0 amide bonds. The number of nitrogens with one attached hydrogen (secondary N) is 1. The minimum absolute atomic E-state index is 0.0301. The van der Waals surface area contributed by atoms with Crippen molar-refractivity contribution in [3.8, 4) is 0 Å². The Hall–Kier alpha value is -2.02. The number of hydrogen-bond acceptors (Lipinski definition) is 4. The number of sulfonamides is 2. The molecule has 6 nitrogen and oxygen atoms in total. The standard InChI is InChI=1S/C16H16F4N2O4S2/c1-22(28(25,26)12-4-6-14(18)16(20)10-12)8-2-7-21-27(23,24)11-3-5-13(17)15(19)9-11/h3-6,9-10,21H,2,7-8H2,1H3. The van der Waals surface area contributed by atoms with Gasteiger partial charge in [0.2, 0.25) is 20.0 Å². The number of nitrogens with zero attached hydrogens (tertiary/aromatic N) is 1. The summed E-state index contributed by atoms with van der Waals surface area (Å²) in [6.45, 7) is -0.333. The molecule has 0 bridgehead atoms. The third-order valence-corrected chi connectivity index (χ3v) is 7.05. The zero-order valence-electron chi connectivity index (χ0n) is 14.5. The Morgan fingerprint density at radius 1 is 0.821 bits per heavy atom. The van der Waals surface area contributed by atoms with E-state index < -0.39 is 53.1 Å². The van der Waals surface area contributed by atoms with Crippen LogP contribution in [0.3, 0.4) is 0 Å². The second kappa shape index (κ2) is 8.55. The number of rotatable bonds is 8. The molecule has 0 fully saturated rings. The first-order valence-electron chi connectivity index (χ1n) is 7.81. The number of halogens is 4. The van der Waals surface area contributed by atoms with Crippen LogP contribution in [0.15, 0.2) is 46.2 Å². The summed E-state index contributed by atoms with van der Waals surface area (Å²) >= 11 is 0. The van der Waals surface area contributed by atoms with Gasteiger partial charge in [0, 0.05) is 20.1 Å². The zero-order valence-corrected chi connectivity index (χ0v) is 16.1. The summed E-state index contributed by atoms with van der Waals surface area (Å²) in [5.41, 5.74) is 0. The molecule has 12 heteroatoms. The minimum Gasteiger partial charge on any atom is -0.211 e.